The van der Waals surface area contributed by atoms with E-state index in [1.165, 1.54) is 19.1 Å². The summed E-state index contributed by atoms with van der Waals surface area (Å²) in [7, 11) is 0. The van der Waals surface area contributed by atoms with Crippen LogP contribution in [0, 0.1) is 0 Å². The summed E-state index contributed by atoms with van der Waals surface area (Å²) in [5.74, 6) is -0.736. The number of rotatable bonds is 4. The fraction of sp³-hybridized carbons (Fsp3) is 0.333. The second kappa shape index (κ2) is 6.21. The fourth-order valence-corrected chi connectivity index (χ4v) is 1.28. The summed E-state index contributed by atoms with van der Waals surface area (Å²) in [5.41, 5.74) is -0.190. The first kappa shape index (κ1) is 15.0. The minimum absolute atomic E-state index is 0.108. The van der Waals surface area contributed by atoms with E-state index in [0.717, 1.165) is 12.1 Å². The Balaban J connectivity index is 2.46. The predicted octanol–water partition coefficient (Wildman–Crippen LogP) is 1.46. The van der Waals surface area contributed by atoms with E-state index in [4.69, 9.17) is 0 Å². The van der Waals surface area contributed by atoms with Crippen LogP contribution in [0.25, 0.3) is 0 Å². The fourth-order valence-electron chi connectivity index (χ4n) is 1.28. The number of hydrogen-bond donors (Lipinski definition) is 2. The van der Waals surface area contributed by atoms with Crippen molar-refractivity contribution in [2.24, 2.45) is 0 Å². The highest BCUT2D eigenvalue weighted by Crippen LogP contribution is 2.28. The third-order valence-electron chi connectivity index (χ3n) is 2.27. The number of amides is 2. The minimum Gasteiger partial charge on any atom is -0.350 e. The van der Waals surface area contributed by atoms with Crippen molar-refractivity contribution < 1.29 is 22.8 Å². The van der Waals surface area contributed by atoms with Crippen molar-refractivity contribution in [3.8, 4) is 0 Å². The molecule has 0 saturated carbocycles. The molecule has 0 radical (unpaired) electrons. The van der Waals surface area contributed by atoms with Gasteiger partial charge in [-0.05, 0) is 17.7 Å². The number of benzene rings is 1. The SMILES string of the molecule is CC(=O)NCC(=O)NCc1ccc(C(F)(F)F)cc1. The first-order chi connectivity index (χ1) is 8.79. The molecule has 1 aromatic rings. The molecule has 0 aliphatic carbocycles. The Morgan fingerprint density at radius 1 is 1.11 bits per heavy atom. The van der Waals surface area contributed by atoms with Crippen LogP contribution in [0.1, 0.15) is 18.1 Å². The van der Waals surface area contributed by atoms with Gasteiger partial charge in [0.25, 0.3) is 0 Å². The third kappa shape index (κ3) is 5.41. The topological polar surface area (TPSA) is 58.2 Å². The second-order valence-electron chi connectivity index (χ2n) is 3.88. The average molecular weight is 274 g/mol. The highest BCUT2D eigenvalue weighted by molar-refractivity contribution is 5.83. The first-order valence-electron chi connectivity index (χ1n) is 5.46. The van der Waals surface area contributed by atoms with Gasteiger partial charge in [0.15, 0.2) is 0 Å². The van der Waals surface area contributed by atoms with E-state index in [1.54, 1.807) is 0 Å². The maximum Gasteiger partial charge on any atom is 0.416 e. The smallest absolute Gasteiger partial charge is 0.350 e. The lowest BCUT2D eigenvalue weighted by atomic mass is 10.1. The molecule has 0 aliphatic heterocycles. The van der Waals surface area contributed by atoms with Crippen LogP contribution >= 0.6 is 0 Å². The molecule has 0 bridgehead atoms. The molecule has 2 N–H and O–H groups in total. The van der Waals surface area contributed by atoms with Gasteiger partial charge in [0, 0.05) is 13.5 Å². The van der Waals surface area contributed by atoms with Gasteiger partial charge in [0.1, 0.15) is 0 Å². The molecule has 2 amide bonds. The molecule has 7 heteroatoms. The van der Waals surface area contributed by atoms with Crippen molar-refractivity contribution in [2.75, 3.05) is 6.54 Å². The van der Waals surface area contributed by atoms with E-state index in [2.05, 4.69) is 10.6 Å². The predicted molar refractivity (Wildman–Crippen MR) is 62.0 cm³/mol. The third-order valence-corrected chi connectivity index (χ3v) is 2.27. The number of alkyl halides is 3. The molecule has 0 aromatic heterocycles. The molecule has 1 rings (SSSR count). The molecular formula is C12H13F3N2O2. The zero-order chi connectivity index (χ0) is 14.5. The molecule has 104 valence electrons. The number of carbonyl (C=O) groups excluding carboxylic acids is 2. The Labute approximate surface area is 108 Å². The van der Waals surface area contributed by atoms with Crippen LogP contribution in [0.5, 0.6) is 0 Å². The Kier molecular flexibility index (Phi) is 4.91. The van der Waals surface area contributed by atoms with Crippen LogP contribution in [0.4, 0.5) is 13.2 Å². The summed E-state index contributed by atoms with van der Waals surface area (Å²) >= 11 is 0. The molecule has 0 unspecified atom stereocenters. The largest absolute Gasteiger partial charge is 0.416 e. The first-order valence-corrected chi connectivity index (χ1v) is 5.46. The van der Waals surface area contributed by atoms with Gasteiger partial charge in [-0.1, -0.05) is 12.1 Å². The lowest BCUT2D eigenvalue weighted by Crippen LogP contribution is -2.35. The quantitative estimate of drug-likeness (QED) is 0.873. The molecule has 0 saturated heterocycles. The Hall–Kier alpha value is -2.05. The summed E-state index contributed by atoms with van der Waals surface area (Å²) in [6.45, 7) is 1.23. The maximum atomic E-state index is 12.3. The number of halogens is 3. The lowest BCUT2D eigenvalue weighted by molar-refractivity contribution is -0.137. The molecule has 0 atom stereocenters. The van der Waals surface area contributed by atoms with Crippen LogP contribution < -0.4 is 10.6 Å². The average Bonchev–Trinajstić information content (AvgIpc) is 2.33. The lowest BCUT2D eigenvalue weighted by Gasteiger charge is -2.08. The van der Waals surface area contributed by atoms with Gasteiger partial charge >= 0.3 is 6.18 Å². The standard InChI is InChI=1S/C12H13F3N2O2/c1-8(18)16-7-11(19)17-6-9-2-4-10(5-3-9)12(13,14)15/h2-5H,6-7H2,1H3,(H,16,18)(H,17,19). The van der Waals surface area contributed by atoms with Crippen molar-refractivity contribution >= 4 is 11.8 Å². The number of carbonyl (C=O) groups is 2. The van der Waals surface area contributed by atoms with Crippen molar-refractivity contribution in [2.45, 2.75) is 19.6 Å². The summed E-state index contributed by atoms with van der Waals surface area (Å²) in [6, 6.07) is 4.49. The van der Waals surface area contributed by atoms with E-state index in [1.807, 2.05) is 0 Å². The molecule has 1 aromatic carbocycles. The van der Waals surface area contributed by atoms with Crippen molar-refractivity contribution in [3.63, 3.8) is 0 Å². The monoisotopic (exact) mass is 274 g/mol. The highest BCUT2D eigenvalue weighted by Gasteiger charge is 2.29. The molecule has 0 aliphatic rings. The molecule has 0 spiro atoms. The molecule has 0 heterocycles. The second-order valence-corrected chi connectivity index (χ2v) is 3.88. The van der Waals surface area contributed by atoms with Gasteiger partial charge in [0.2, 0.25) is 11.8 Å². The maximum absolute atomic E-state index is 12.3. The van der Waals surface area contributed by atoms with Gasteiger partial charge in [-0.25, -0.2) is 0 Å². The number of hydrogen-bond acceptors (Lipinski definition) is 2. The Bertz CT molecular complexity index is 455. The van der Waals surface area contributed by atoms with E-state index in [9.17, 15) is 22.8 Å². The summed E-state index contributed by atoms with van der Waals surface area (Å²) in [5, 5.41) is 4.79. The zero-order valence-electron chi connectivity index (χ0n) is 10.2. The molecule has 19 heavy (non-hydrogen) atoms. The van der Waals surface area contributed by atoms with Crippen LogP contribution in [0.2, 0.25) is 0 Å². The molecule has 4 nitrogen and oxygen atoms in total. The van der Waals surface area contributed by atoms with E-state index in [0.29, 0.717) is 5.56 Å². The van der Waals surface area contributed by atoms with Crippen LogP contribution in [-0.2, 0) is 22.3 Å². The van der Waals surface area contributed by atoms with E-state index < -0.39 is 17.6 Å². The van der Waals surface area contributed by atoms with E-state index in [-0.39, 0.29) is 19.0 Å². The zero-order valence-corrected chi connectivity index (χ0v) is 10.2. The molecule has 0 fully saturated rings. The van der Waals surface area contributed by atoms with Gasteiger partial charge in [0.05, 0.1) is 12.1 Å². The van der Waals surface area contributed by atoms with Gasteiger partial charge in [-0.3, -0.25) is 9.59 Å². The van der Waals surface area contributed by atoms with E-state index >= 15 is 0 Å². The summed E-state index contributed by atoms with van der Waals surface area (Å²) < 4.78 is 36.9. The van der Waals surface area contributed by atoms with Crippen LogP contribution in [-0.4, -0.2) is 18.4 Å². The summed E-state index contributed by atoms with van der Waals surface area (Å²) in [4.78, 5) is 21.8. The Morgan fingerprint density at radius 2 is 1.68 bits per heavy atom. The van der Waals surface area contributed by atoms with Crippen molar-refractivity contribution in [1.29, 1.82) is 0 Å². The minimum atomic E-state index is -4.37. The number of nitrogens with one attached hydrogen (secondary N) is 2. The normalized spacial score (nSPS) is 10.9. The molecular weight excluding hydrogens is 261 g/mol. The van der Waals surface area contributed by atoms with Crippen molar-refractivity contribution in [3.05, 3.63) is 35.4 Å². The van der Waals surface area contributed by atoms with Crippen molar-refractivity contribution in [1.82, 2.24) is 10.6 Å². The Morgan fingerprint density at radius 3 is 2.16 bits per heavy atom. The van der Waals surface area contributed by atoms with Crippen LogP contribution in [0.15, 0.2) is 24.3 Å². The van der Waals surface area contributed by atoms with Gasteiger partial charge < -0.3 is 10.6 Å². The summed E-state index contributed by atoms with van der Waals surface area (Å²) in [6.07, 6.45) is -4.37. The van der Waals surface area contributed by atoms with Gasteiger partial charge in [-0.15, -0.1) is 0 Å². The highest BCUT2D eigenvalue weighted by atomic mass is 19.4. The van der Waals surface area contributed by atoms with Gasteiger partial charge in [-0.2, -0.15) is 13.2 Å². The van der Waals surface area contributed by atoms with Crippen LogP contribution in [0.3, 0.4) is 0 Å².